The Bertz CT molecular complexity index is 728. The highest BCUT2D eigenvalue weighted by Gasteiger charge is 2.08. The van der Waals surface area contributed by atoms with Crippen LogP contribution in [0.15, 0.2) is 36.4 Å². The summed E-state index contributed by atoms with van der Waals surface area (Å²) >= 11 is 0. The fraction of sp³-hybridized carbons (Fsp3) is 0.350. The van der Waals surface area contributed by atoms with E-state index in [1.54, 1.807) is 14.2 Å². The Hall–Kier alpha value is -2.69. The standard InChI is InChI=1S/C20H25NO4/c1-5-25-19-11-16(7-9-18(19)24-4)13-21-20(22)12-15-6-8-17(23-3)14(2)10-15/h6-11H,5,12-13H2,1-4H3,(H,21,22). The number of benzene rings is 2. The van der Waals surface area contributed by atoms with Crippen LogP contribution in [0.1, 0.15) is 23.6 Å². The van der Waals surface area contributed by atoms with Crippen LogP contribution in [-0.4, -0.2) is 26.7 Å². The summed E-state index contributed by atoms with van der Waals surface area (Å²) in [6, 6.07) is 11.4. The monoisotopic (exact) mass is 343 g/mol. The van der Waals surface area contributed by atoms with Gasteiger partial charge in [0.1, 0.15) is 5.75 Å². The van der Waals surface area contributed by atoms with E-state index >= 15 is 0 Å². The molecule has 134 valence electrons. The number of methoxy groups -OCH3 is 2. The summed E-state index contributed by atoms with van der Waals surface area (Å²) in [5, 5.41) is 2.94. The molecule has 0 unspecified atom stereocenters. The zero-order valence-electron chi connectivity index (χ0n) is 15.2. The summed E-state index contributed by atoms with van der Waals surface area (Å²) in [5.74, 6) is 2.16. The second-order valence-electron chi connectivity index (χ2n) is 5.68. The van der Waals surface area contributed by atoms with E-state index in [2.05, 4.69) is 5.32 Å². The lowest BCUT2D eigenvalue weighted by atomic mass is 10.1. The van der Waals surface area contributed by atoms with Gasteiger partial charge < -0.3 is 19.5 Å². The summed E-state index contributed by atoms with van der Waals surface area (Å²) in [7, 11) is 3.25. The molecule has 2 aromatic rings. The molecule has 0 aromatic heterocycles. The van der Waals surface area contributed by atoms with Gasteiger partial charge in [0.15, 0.2) is 11.5 Å². The number of hydrogen-bond acceptors (Lipinski definition) is 4. The van der Waals surface area contributed by atoms with Crippen LogP contribution in [0.2, 0.25) is 0 Å². The lowest BCUT2D eigenvalue weighted by Gasteiger charge is -2.12. The predicted molar refractivity (Wildman–Crippen MR) is 97.4 cm³/mol. The van der Waals surface area contributed by atoms with Crippen LogP contribution in [0.5, 0.6) is 17.2 Å². The topological polar surface area (TPSA) is 56.8 Å². The van der Waals surface area contributed by atoms with Crippen LogP contribution in [-0.2, 0) is 17.8 Å². The van der Waals surface area contributed by atoms with Crippen molar-refractivity contribution in [2.24, 2.45) is 0 Å². The van der Waals surface area contributed by atoms with Crippen LogP contribution in [0.4, 0.5) is 0 Å². The zero-order chi connectivity index (χ0) is 18.2. The molecule has 0 aliphatic rings. The SMILES string of the molecule is CCOc1cc(CNC(=O)Cc2ccc(OC)c(C)c2)ccc1OC. The average Bonchev–Trinajstić information content (AvgIpc) is 2.60. The largest absolute Gasteiger partial charge is 0.496 e. The van der Waals surface area contributed by atoms with E-state index in [0.717, 1.165) is 22.4 Å². The Morgan fingerprint density at radius 2 is 1.64 bits per heavy atom. The molecule has 25 heavy (non-hydrogen) atoms. The Morgan fingerprint density at radius 1 is 0.960 bits per heavy atom. The number of nitrogens with one attached hydrogen (secondary N) is 1. The molecule has 0 aliphatic heterocycles. The molecule has 0 heterocycles. The summed E-state index contributed by atoms with van der Waals surface area (Å²) in [4.78, 5) is 12.2. The van der Waals surface area contributed by atoms with Gasteiger partial charge in [-0.05, 0) is 48.7 Å². The Labute approximate surface area is 148 Å². The molecule has 0 atom stereocenters. The van der Waals surface area contributed by atoms with Crippen molar-refractivity contribution in [2.75, 3.05) is 20.8 Å². The maximum atomic E-state index is 12.2. The van der Waals surface area contributed by atoms with Crippen LogP contribution < -0.4 is 19.5 Å². The maximum absolute atomic E-state index is 12.2. The van der Waals surface area contributed by atoms with Gasteiger partial charge in [0.25, 0.3) is 0 Å². The van der Waals surface area contributed by atoms with Crippen LogP contribution in [0, 0.1) is 6.92 Å². The molecule has 0 saturated carbocycles. The van der Waals surface area contributed by atoms with Gasteiger partial charge in [0, 0.05) is 6.54 Å². The number of aryl methyl sites for hydroxylation is 1. The summed E-state index contributed by atoms with van der Waals surface area (Å²) in [6.45, 7) is 4.89. The predicted octanol–water partition coefficient (Wildman–Crippen LogP) is 3.27. The van der Waals surface area contributed by atoms with Gasteiger partial charge in [0.2, 0.25) is 5.91 Å². The molecule has 1 N–H and O–H groups in total. The Balaban J connectivity index is 1.95. The van der Waals surface area contributed by atoms with Crippen molar-refractivity contribution < 1.29 is 19.0 Å². The minimum absolute atomic E-state index is 0.0293. The van der Waals surface area contributed by atoms with E-state index in [9.17, 15) is 4.79 Å². The zero-order valence-corrected chi connectivity index (χ0v) is 15.2. The molecule has 2 aromatic carbocycles. The minimum atomic E-state index is -0.0293. The fourth-order valence-electron chi connectivity index (χ4n) is 2.60. The third-order valence-electron chi connectivity index (χ3n) is 3.84. The number of hydrogen-bond donors (Lipinski definition) is 1. The highest BCUT2D eigenvalue weighted by molar-refractivity contribution is 5.78. The van der Waals surface area contributed by atoms with Crippen LogP contribution in [0.25, 0.3) is 0 Å². The van der Waals surface area contributed by atoms with Crippen molar-refractivity contribution in [1.29, 1.82) is 0 Å². The van der Waals surface area contributed by atoms with Gasteiger partial charge in [-0.25, -0.2) is 0 Å². The lowest BCUT2D eigenvalue weighted by molar-refractivity contribution is -0.120. The van der Waals surface area contributed by atoms with Crippen molar-refractivity contribution in [3.8, 4) is 17.2 Å². The number of carbonyl (C=O) groups is 1. The first-order valence-electron chi connectivity index (χ1n) is 8.27. The van der Waals surface area contributed by atoms with E-state index in [4.69, 9.17) is 14.2 Å². The number of amides is 1. The quantitative estimate of drug-likeness (QED) is 0.799. The third-order valence-corrected chi connectivity index (χ3v) is 3.84. The first kappa shape index (κ1) is 18.6. The summed E-state index contributed by atoms with van der Waals surface area (Å²) < 4.78 is 16.1. The number of rotatable bonds is 8. The van der Waals surface area contributed by atoms with E-state index in [1.807, 2.05) is 50.2 Å². The third kappa shape index (κ3) is 5.14. The van der Waals surface area contributed by atoms with E-state index in [0.29, 0.717) is 31.1 Å². The molecule has 0 radical (unpaired) electrons. The highest BCUT2D eigenvalue weighted by Crippen LogP contribution is 2.28. The molecule has 5 heteroatoms. The normalized spacial score (nSPS) is 10.2. The Kier molecular flexibility index (Phi) is 6.69. The first-order chi connectivity index (χ1) is 12.1. The molecular weight excluding hydrogens is 318 g/mol. The highest BCUT2D eigenvalue weighted by atomic mass is 16.5. The van der Waals surface area contributed by atoms with E-state index in [-0.39, 0.29) is 5.91 Å². The van der Waals surface area contributed by atoms with Crippen molar-refractivity contribution in [3.05, 3.63) is 53.1 Å². The van der Waals surface area contributed by atoms with Crippen molar-refractivity contribution in [3.63, 3.8) is 0 Å². The Morgan fingerprint density at radius 3 is 2.28 bits per heavy atom. The number of ether oxygens (including phenoxy) is 3. The second-order valence-corrected chi connectivity index (χ2v) is 5.68. The van der Waals surface area contributed by atoms with Gasteiger partial charge in [-0.2, -0.15) is 0 Å². The summed E-state index contributed by atoms with van der Waals surface area (Å²) in [6.07, 6.45) is 0.333. The van der Waals surface area contributed by atoms with Crippen molar-refractivity contribution in [2.45, 2.75) is 26.8 Å². The van der Waals surface area contributed by atoms with Crippen molar-refractivity contribution in [1.82, 2.24) is 5.32 Å². The van der Waals surface area contributed by atoms with Gasteiger partial charge in [-0.1, -0.05) is 18.2 Å². The fourth-order valence-corrected chi connectivity index (χ4v) is 2.60. The van der Waals surface area contributed by atoms with E-state index in [1.165, 1.54) is 0 Å². The lowest BCUT2D eigenvalue weighted by Crippen LogP contribution is -2.24. The minimum Gasteiger partial charge on any atom is -0.496 e. The summed E-state index contributed by atoms with van der Waals surface area (Å²) in [5.41, 5.74) is 2.94. The molecule has 0 saturated heterocycles. The second kappa shape index (κ2) is 8.97. The van der Waals surface area contributed by atoms with Crippen LogP contribution in [0.3, 0.4) is 0 Å². The molecule has 5 nitrogen and oxygen atoms in total. The molecule has 1 amide bonds. The molecular formula is C20H25NO4. The smallest absolute Gasteiger partial charge is 0.224 e. The number of carbonyl (C=O) groups excluding carboxylic acids is 1. The molecule has 0 spiro atoms. The molecule has 0 bridgehead atoms. The van der Waals surface area contributed by atoms with Gasteiger partial charge in [-0.3, -0.25) is 4.79 Å². The van der Waals surface area contributed by atoms with E-state index < -0.39 is 0 Å². The molecule has 2 rings (SSSR count). The average molecular weight is 343 g/mol. The van der Waals surface area contributed by atoms with Gasteiger partial charge in [-0.15, -0.1) is 0 Å². The molecule has 0 fully saturated rings. The maximum Gasteiger partial charge on any atom is 0.224 e. The van der Waals surface area contributed by atoms with Crippen LogP contribution >= 0.6 is 0 Å². The van der Waals surface area contributed by atoms with Crippen molar-refractivity contribution >= 4 is 5.91 Å². The first-order valence-corrected chi connectivity index (χ1v) is 8.27. The molecule has 0 aliphatic carbocycles. The van der Waals surface area contributed by atoms with Gasteiger partial charge >= 0.3 is 0 Å². The van der Waals surface area contributed by atoms with Gasteiger partial charge in [0.05, 0.1) is 27.2 Å².